The number of phenols is 1. The molecule has 0 fully saturated rings. The van der Waals surface area contributed by atoms with Gasteiger partial charge in [0, 0.05) is 6.92 Å². The maximum absolute atomic E-state index is 11.0. The molecule has 8 nitrogen and oxygen atoms in total. The van der Waals surface area contributed by atoms with Gasteiger partial charge in [-0.05, 0) is 0 Å². The SMILES string of the molecule is CC(=O)Nc1cccc([As](=O)(O)O)c1O.CC(=O)O. The molecule has 0 aliphatic heterocycles. The standard InChI is InChI=1S/C8H10AsNO5.C2H4O2/c1-5(11)10-7-4-2-3-6(8(7)12)9(13,14)15;1-2(3)4/h2-4,12H,1H3,(H,10,11)(H2,13,14,15);1H3,(H,3,4). The third-order valence-corrected chi connectivity index (χ3v) is 3.71. The number of phenolic OH excluding ortho intramolecular Hbond substituents is 1. The summed E-state index contributed by atoms with van der Waals surface area (Å²) in [6.45, 7) is 2.31. The summed E-state index contributed by atoms with van der Waals surface area (Å²) in [7, 11) is 0. The summed E-state index contributed by atoms with van der Waals surface area (Å²) in [5.74, 6) is -1.85. The zero-order chi connectivity index (χ0) is 15.2. The normalized spacial score (nSPS) is 10.1. The van der Waals surface area contributed by atoms with Crippen molar-refractivity contribution >= 4 is 36.1 Å². The fourth-order valence-corrected chi connectivity index (χ4v) is 2.48. The number of aromatic hydroxyl groups is 1. The molecule has 1 aromatic rings. The minimum atomic E-state index is -5.15. The van der Waals surface area contributed by atoms with Gasteiger partial charge < -0.3 is 5.11 Å². The van der Waals surface area contributed by atoms with E-state index >= 15 is 0 Å². The van der Waals surface area contributed by atoms with Crippen LogP contribution in [0, 0.1) is 0 Å². The number of nitrogens with one attached hydrogen (secondary N) is 1. The summed E-state index contributed by atoms with van der Waals surface area (Å²) in [6.07, 6.45) is 0. The second-order valence-electron chi connectivity index (χ2n) is 3.42. The van der Waals surface area contributed by atoms with Gasteiger partial charge in [-0.3, -0.25) is 4.79 Å². The molecule has 0 unspecified atom stereocenters. The topological polar surface area (TPSA) is 144 Å². The third-order valence-electron chi connectivity index (χ3n) is 1.64. The third kappa shape index (κ3) is 6.66. The van der Waals surface area contributed by atoms with Gasteiger partial charge in [-0.25, -0.2) is 0 Å². The van der Waals surface area contributed by atoms with Crippen molar-refractivity contribution < 1.29 is 31.7 Å². The number of carboxylic acids is 1. The molecular formula is C10H14AsNO7. The second kappa shape index (κ2) is 6.98. The summed E-state index contributed by atoms with van der Waals surface area (Å²) >= 11 is -5.15. The van der Waals surface area contributed by atoms with Crippen molar-refractivity contribution in [3.63, 3.8) is 0 Å². The second-order valence-corrected chi connectivity index (χ2v) is 6.71. The van der Waals surface area contributed by atoms with E-state index in [-0.39, 0.29) is 5.69 Å². The maximum atomic E-state index is 11.0. The molecule has 0 saturated carbocycles. The Morgan fingerprint density at radius 1 is 1.21 bits per heavy atom. The van der Waals surface area contributed by atoms with Gasteiger partial charge in [0.25, 0.3) is 5.97 Å². The number of hydrogen-bond donors (Lipinski definition) is 5. The first-order valence-corrected chi connectivity index (χ1v) is 8.29. The zero-order valence-corrected chi connectivity index (χ0v) is 12.1. The molecular weight excluding hydrogens is 321 g/mol. The monoisotopic (exact) mass is 335 g/mol. The minimum absolute atomic E-state index is 0.00951. The van der Waals surface area contributed by atoms with E-state index < -0.39 is 36.1 Å². The van der Waals surface area contributed by atoms with Crippen LogP contribution in [0.15, 0.2) is 18.2 Å². The van der Waals surface area contributed by atoms with Crippen LogP contribution in [0.1, 0.15) is 13.8 Å². The van der Waals surface area contributed by atoms with Gasteiger partial charge in [-0.15, -0.1) is 0 Å². The van der Waals surface area contributed by atoms with Crippen LogP contribution in [-0.4, -0.2) is 44.5 Å². The number of hydrogen-bond acceptors (Lipinski definition) is 4. The van der Waals surface area contributed by atoms with Crippen LogP contribution < -0.4 is 9.67 Å². The molecule has 0 aromatic heterocycles. The number of para-hydroxylation sites is 1. The molecule has 1 rings (SSSR count). The van der Waals surface area contributed by atoms with Crippen LogP contribution in [-0.2, 0) is 13.3 Å². The van der Waals surface area contributed by atoms with E-state index in [1.165, 1.54) is 19.1 Å². The van der Waals surface area contributed by atoms with E-state index in [1.807, 2.05) is 0 Å². The summed E-state index contributed by atoms with van der Waals surface area (Å²) in [4.78, 5) is 19.7. The van der Waals surface area contributed by atoms with E-state index in [9.17, 15) is 13.6 Å². The quantitative estimate of drug-likeness (QED) is 0.344. The Hall–Kier alpha value is -1.76. The first kappa shape index (κ1) is 17.2. The predicted octanol–water partition coefficient (Wildman–Crippen LogP) is -0.998. The first-order chi connectivity index (χ1) is 8.55. The Morgan fingerprint density at radius 3 is 2.05 bits per heavy atom. The fraction of sp³-hybridized carbons (Fsp3) is 0.200. The smallest absolute Gasteiger partial charge is 0.300 e. The summed E-state index contributed by atoms with van der Waals surface area (Å²) in [5.41, 5.74) is -0.00951. The number of benzene rings is 1. The molecule has 0 heterocycles. The number of carbonyl (C=O) groups is 2. The number of carboxylic acid groups (broad SMARTS) is 1. The number of anilines is 1. The molecule has 5 N–H and O–H groups in total. The fourth-order valence-electron chi connectivity index (χ4n) is 1.06. The van der Waals surface area contributed by atoms with Gasteiger partial charge in [0.15, 0.2) is 0 Å². The van der Waals surface area contributed by atoms with Gasteiger partial charge in [0.2, 0.25) is 0 Å². The number of amides is 1. The molecule has 106 valence electrons. The van der Waals surface area contributed by atoms with Crippen molar-refractivity contribution in [1.82, 2.24) is 0 Å². The molecule has 0 aliphatic carbocycles. The van der Waals surface area contributed by atoms with Crippen molar-refractivity contribution in [3.8, 4) is 5.75 Å². The molecule has 1 aromatic carbocycles. The summed E-state index contributed by atoms with van der Waals surface area (Å²) < 4.78 is 28.4. The van der Waals surface area contributed by atoms with Crippen LogP contribution in [0.25, 0.3) is 0 Å². The molecule has 1 amide bonds. The van der Waals surface area contributed by atoms with E-state index in [4.69, 9.17) is 18.1 Å². The van der Waals surface area contributed by atoms with Gasteiger partial charge in [0.05, 0.1) is 0 Å². The average molecular weight is 335 g/mol. The number of carbonyl (C=O) groups excluding carboxylic acids is 1. The van der Waals surface area contributed by atoms with E-state index in [0.29, 0.717) is 0 Å². The van der Waals surface area contributed by atoms with Crippen LogP contribution in [0.4, 0.5) is 5.69 Å². The van der Waals surface area contributed by atoms with Crippen LogP contribution in [0.2, 0.25) is 0 Å². The largest absolute Gasteiger partial charge is 0.481 e. The van der Waals surface area contributed by atoms with Gasteiger partial charge >= 0.3 is 88.1 Å². The zero-order valence-electron chi connectivity index (χ0n) is 10.2. The van der Waals surface area contributed by atoms with Crippen LogP contribution >= 0.6 is 0 Å². The van der Waals surface area contributed by atoms with Gasteiger partial charge in [-0.1, -0.05) is 0 Å². The number of aliphatic carboxylic acids is 1. The Morgan fingerprint density at radius 2 is 1.68 bits per heavy atom. The molecule has 0 saturated heterocycles. The van der Waals surface area contributed by atoms with Crippen LogP contribution in [0.5, 0.6) is 5.75 Å². The summed E-state index contributed by atoms with van der Waals surface area (Å²) in [6, 6.07) is 3.83. The van der Waals surface area contributed by atoms with Gasteiger partial charge in [-0.2, -0.15) is 0 Å². The molecule has 0 bridgehead atoms. The molecule has 19 heavy (non-hydrogen) atoms. The molecule has 9 heteroatoms. The average Bonchev–Trinajstić information content (AvgIpc) is 2.17. The van der Waals surface area contributed by atoms with Crippen molar-refractivity contribution in [2.24, 2.45) is 0 Å². The first-order valence-electron chi connectivity index (χ1n) is 4.91. The molecule has 0 aliphatic rings. The minimum Gasteiger partial charge on any atom is -0.481 e. The van der Waals surface area contributed by atoms with Crippen molar-refractivity contribution in [2.75, 3.05) is 5.32 Å². The van der Waals surface area contributed by atoms with Crippen LogP contribution in [0.3, 0.4) is 0 Å². The molecule has 0 radical (unpaired) electrons. The molecule has 0 atom stereocenters. The Labute approximate surface area is 111 Å². The maximum Gasteiger partial charge on any atom is 0.300 e. The Bertz CT molecular complexity index is 519. The Kier molecular flexibility index (Phi) is 6.34. The van der Waals surface area contributed by atoms with Crippen molar-refractivity contribution in [1.29, 1.82) is 0 Å². The van der Waals surface area contributed by atoms with E-state index in [0.717, 1.165) is 13.0 Å². The molecule has 0 spiro atoms. The Balaban J connectivity index is 0.000000711. The van der Waals surface area contributed by atoms with Crippen molar-refractivity contribution in [3.05, 3.63) is 18.2 Å². The van der Waals surface area contributed by atoms with Gasteiger partial charge in [0.1, 0.15) is 0 Å². The predicted molar refractivity (Wildman–Crippen MR) is 66.2 cm³/mol. The van der Waals surface area contributed by atoms with E-state index in [1.54, 1.807) is 0 Å². The van der Waals surface area contributed by atoms with Crippen molar-refractivity contribution in [2.45, 2.75) is 13.8 Å². The summed E-state index contributed by atoms with van der Waals surface area (Å²) in [5, 5.41) is 19.2. The van der Waals surface area contributed by atoms with E-state index in [2.05, 4.69) is 5.32 Å². The number of rotatable bonds is 2.